The zero-order valence-corrected chi connectivity index (χ0v) is 12.5. The van der Waals surface area contributed by atoms with Gasteiger partial charge in [-0.05, 0) is 12.1 Å². The molecule has 0 spiro atoms. The van der Waals surface area contributed by atoms with Crippen LogP contribution in [0.15, 0.2) is 29.5 Å². The van der Waals surface area contributed by atoms with Gasteiger partial charge in [-0.25, -0.2) is 9.59 Å². The SMILES string of the molecule is COC(=O)C1=C(C(=O)OC)N(c2cccc3n[nH]nc23)COC1. The minimum absolute atomic E-state index is 0.0393. The van der Waals surface area contributed by atoms with E-state index in [0.29, 0.717) is 16.7 Å². The lowest BCUT2D eigenvalue weighted by Crippen LogP contribution is -2.38. The molecule has 1 aliphatic rings. The first-order chi connectivity index (χ1) is 11.2. The molecular weight excluding hydrogens is 304 g/mol. The summed E-state index contributed by atoms with van der Waals surface area (Å²) in [6, 6.07) is 5.29. The standard InChI is InChI=1S/C14H14N4O5/c1-21-13(19)8-6-23-7-18(12(8)14(20)22-2)10-5-3-4-9-11(10)16-17-15-9/h3-5H,6-7H2,1-2H3,(H,15,16,17). The van der Waals surface area contributed by atoms with Crippen molar-refractivity contribution in [3.8, 4) is 0 Å². The van der Waals surface area contributed by atoms with E-state index in [1.54, 1.807) is 18.2 Å². The summed E-state index contributed by atoms with van der Waals surface area (Å²) in [6.45, 7) is 0.0271. The van der Waals surface area contributed by atoms with Gasteiger partial charge in [0, 0.05) is 0 Å². The monoisotopic (exact) mass is 318 g/mol. The van der Waals surface area contributed by atoms with Crippen LogP contribution in [0.3, 0.4) is 0 Å². The van der Waals surface area contributed by atoms with Crippen LogP contribution in [0.2, 0.25) is 0 Å². The van der Waals surface area contributed by atoms with Crippen LogP contribution < -0.4 is 4.90 Å². The van der Waals surface area contributed by atoms with Crippen LogP contribution in [0, 0.1) is 0 Å². The highest BCUT2D eigenvalue weighted by Crippen LogP contribution is 2.30. The molecule has 3 rings (SSSR count). The van der Waals surface area contributed by atoms with E-state index in [9.17, 15) is 9.59 Å². The number of hydrogen-bond acceptors (Lipinski definition) is 8. The topological polar surface area (TPSA) is 107 Å². The first-order valence-corrected chi connectivity index (χ1v) is 6.72. The van der Waals surface area contributed by atoms with Gasteiger partial charge >= 0.3 is 11.9 Å². The number of H-pyrrole nitrogens is 1. The molecule has 0 bridgehead atoms. The number of para-hydroxylation sites is 1. The van der Waals surface area contributed by atoms with E-state index in [4.69, 9.17) is 14.2 Å². The number of benzene rings is 1. The number of rotatable bonds is 3. The highest BCUT2D eigenvalue weighted by molar-refractivity contribution is 6.05. The first kappa shape index (κ1) is 15.0. The lowest BCUT2D eigenvalue weighted by molar-refractivity contribution is -0.140. The van der Waals surface area contributed by atoms with Gasteiger partial charge in [-0.2, -0.15) is 15.4 Å². The Morgan fingerprint density at radius 1 is 1.22 bits per heavy atom. The molecule has 1 N–H and O–H groups in total. The fraction of sp³-hybridized carbons (Fsp3) is 0.286. The molecule has 1 aromatic heterocycles. The number of ether oxygens (including phenoxy) is 3. The number of nitrogens with zero attached hydrogens (tertiary/aromatic N) is 3. The zero-order chi connectivity index (χ0) is 16.4. The van der Waals surface area contributed by atoms with Crippen molar-refractivity contribution in [2.75, 3.05) is 32.5 Å². The normalized spacial score (nSPS) is 15.0. The molecule has 0 fully saturated rings. The van der Waals surface area contributed by atoms with E-state index >= 15 is 0 Å². The number of carbonyl (C=O) groups is 2. The highest BCUT2D eigenvalue weighted by atomic mass is 16.5. The second-order valence-electron chi connectivity index (χ2n) is 4.68. The molecule has 23 heavy (non-hydrogen) atoms. The summed E-state index contributed by atoms with van der Waals surface area (Å²) in [5.41, 5.74) is 1.89. The summed E-state index contributed by atoms with van der Waals surface area (Å²) in [7, 11) is 2.48. The van der Waals surface area contributed by atoms with Crippen LogP contribution in [0.5, 0.6) is 0 Å². The third-order valence-corrected chi connectivity index (χ3v) is 3.45. The number of esters is 2. The van der Waals surface area contributed by atoms with Crippen LogP contribution in [0.25, 0.3) is 11.0 Å². The molecule has 0 radical (unpaired) electrons. The van der Waals surface area contributed by atoms with E-state index in [0.717, 1.165) is 0 Å². The first-order valence-electron chi connectivity index (χ1n) is 6.72. The molecule has 1 aromatic carbocycles. The van der Waals surface area contributed by atoms with E-state index < -0.39 is 11.9 Å². The second kappa shape index (κ2) is 6.05. The van der Waals surface area contributed by atoms with Gasteiger partial charge in [0.15, 0.2) is 0 Å². The lowest BCUT2D eigenvalue weighted by atomic mass is 10.1. The van der Waals surface area contributed by atoms with Gasteiger partial charge in [0.1, 0.15) is 23.5 Å². The predicted molar refractivity (Wildman–Crippen MR) is 78.2 cm³/mol. The summed E-state index contributed by atoms with van der Waals surface area (Å²) in [6.07, 6.45) is 0. The van der Waals surface area contributed by atoms with E-state index in [1.165, 1.54) is 19.1 Å². The Morgan fingerprint density at radius 2 is 2.00 bits per heavy atom. The van der Waals surface area contributed by atoms with Gasteiger partial charge < -0.3 is 19.1 Å². The van der Waals surface area contributed by atoms with Crippen molar-refractivity contribution in [1.82, 2.24) is 15.4 Å². The van der Waals surface area contributed by atoms with Gasteiger partial charge in [0.25, 0.3) is 0 Å². The largest absolute Gasteiger partial charge is 0.466 e. The number of aromatic nitrogens is 3. The third kappa shape index (κ3) is 2.50. The average Bonchev–Trinajstić information content (AvgIpc) is 3.08. The number of carbonyl (C=O) groups excluding carboxylic acids is 2. The predicted octanol–water partition coefficient (Wildman–Crippen LogP) is 0.352. The van der Waals surface area contributed by atoms with Gasteiger partial charge in [-0.1, -0.05) is 6.07 Å². The van der Waals surface area contributed by atoms with Crippen molar-refractivity contribution in [1.29, 1.82) is 0 Å². The molecule has 9 heteroatoms. The molecule has 2 heterocycles. The molecule has 0 amide bonds. The van der Waals surface area contributed by atoms with Crippen LogP contribution in [0.1, 0.15) is 0 Å². The number of nitrogens with one attached hydrogen (secondary N) is 1. The number of fused-ring (bicyclic) bond motifs is 1. The molecule has 120 valence electrons. The van der Waals surface area contributed by atoms with Gasteiger partial charge in [0.2, 0.25) is 0 Å². The molecule has 0 saturated heterocycles. The van der Waals surface area contributed by atoms with Crippen molar-refractivity contribution in [2.24, 2.45) is 0 Å². The van der Waals surface area contributed by atoms with Gasteiger partial charge in [-0.3, -0.25) is 0 Å². The van der Waals surface area contributed by atoms with Crippen molar-refractivity contribution in [3.63, 3.8) is 0 Å². The Kier molecular flexibility index (Phi) is 3.94. The van der Waals surface area contributed by atoms with Crippen LogP contribution >= 0.6 is 0 Å². The zero-order valence-electron chi connectivity index (χ0n) is 12.5. The second-order valence-corrected chi connectivity index (χ2v) is 4.68. The smallest absolute Gasteiger partial charge is 0.355 e. The maximum atomic E-state index is 12.2. The Hall–Kier alpha value is -2.94. The number of aromatic amines is 1. The number of methoxy groups -OCH3 is 2. The molecule has 0 atom stereocenters. The molecular formula is C14H14N4O5. The highest BCUT2D eigenvalue weighted by Gasteiger charge is 2.33. The van der Waals surface area contributed by atoms with Gasteiger partial charge in [-0.15, -0.1) is 0 Å². The Morgan fingerprint density at radius 3 is 2.74 bits per heavy atom. The Bertz CT molecular complexity index is 797. The fourth-order valence-electron chi connectivity index (χ4n) is 2.40. The molecule has 1 aliphatic heterocycles. The minimum Gasteiger partial charge on any atom is -0.466 e. The molecule has 2 aromatic rings. The van der Waals surface area contributed by atoms with E-state index in [1.807, 2.05) is 0 Å². The quantitative estimate of drug-likeness (QED) is 0.808. The van der Waals surface area contributed by atoms with Crippen LogP contribution in [0.4, 0.5) is 5.69 Å². The molecule has 0 unspecified atom stereocenters. The van der Waals surface area contributed by atoms with Crippen molar-refractivity contribution in [2.45, 2.75) is 0 Å². The average molecular weight is 318 g/mol. The maximum absolute atomic E-state index is 12.2. The summed E-state index contributed by atoms with van der Waals surface area (Å²) >= 11 is 0. The lowest BCUT2D eigenvalue weighted by Gasteiger charge is -2.31. The van der Waals surface area contributed by atoms with Crippen molar-refractivity contribution < 1.29 is 23.8 Å². The molecule has 0 aliphatic carbocycles. The van der Waals surface area contributed by atoms with E-state index in [2.05, 4.69) is 15.4 Å². The van der Waals surface area contributed by atoms with E-state index in [-0.39, 0.29) is 24.6 Å². The van der Waals surface area contributed by atoms with Crippen molar-refractivity contribution in [3.05, 3.63) is 29.5 Å². The summed E-state index contributed by atoms with van der Waals surface area (Å²) in [5, 5.41) is 10.6. The summed E-state index contributed by atoms with van der Waals surface area (Å²) < 4.78 is 15.0. The Balaban J connectivity index is 2.18. The number of hydrogen-bond donors (Lipinski definition) is 1. The van der Waals surface area contributed by atoms with Crippen LogP contribution in [-0.2, 0) is 23.8 Å². The van der Waals surface area contributed by atoms with Crippen LogP contribution in [-0.4, -0.2) is 54.9 Å². The number of anilines is 1. The Labute approximate surface area is 130 Å². The van der Waals surface area contributed by atoms with Gasteiger partial charge in [0.05, 0.1) is 32.1 Å². The molecule has 9 nitrogen and oxygen atoms in total. The summed E-state index contributed by atoms with van der Waals surface area (Å²) in [4.78, 5) is 25.7. The minimum atomic E-state index is -0.658. The summed E-state index contributed by atoms with van der Waals surface area (Å²) in [5.74, 6) is -1.31. The van der Waals surface area contributed by atoms with Crippen molar-refractivity contribution >= 4 is 28.7 Å². The fourth-order valence-corrected chi connectivity index (χ4v) is 2.40. The third-order valence-electron chi connectivity index (χ3n) is 3.45. The molecule has 0 saturated carbocycles. The maximum Gasteiger partial charge on any atom is 0.355 e.